The Hall–Kier alpha value is -4.01. The highest BCUT2D eigenvalue weighted by molar-refractivity contribution is 7.89. The molecule has 0 fully saturated rings. The highest BCUT2D eigenvalue weighted by Crippen LogP contribution is 2.28. The first kappa shape index (κ1) is 23.7. The average Bonchev–Trinajstić information content (AvgIpc) is 3.34. The number of nitrogens with zero attached hydrogens (tertiary/aromatic N) is 3. The summed E-state index contributed by atoms with van der Waals surface area (Å²) in [5.74, 6) is -0.383. The third-order valence-electron chi connectivity index (χ3n) is 5.74. The van der Waals surface area contributed by atoms with Crippen molar-refractivity contribution >= 4 is 38.6 Å². The standard InChI is InChI=1S/C27H21ClN4O3S/c28-24-9-5-4-8-22(24)27(33)29-16-19-10-12-21(13-11-19)25-23-14-15-32(26(23)31-18-30-25)36(34,35)17-20-6-2-1-3-7-20/h1-15,18H,16-17H2,(H,29,33). The Morgan fingerprint density at radius 3 is 2.33 bits per heavy atom. The average molecular weight is 517 g/mol. The van der Waals surface area contributed by atoms with E-state index in [1.165, 1.54) is 16.5 Å². The number of halogens is 1. The molecule has 5 aromatic rings. The number of hydrogen-bond donors (Lipinski definition) is 1. The fourth-order valence-corrected chi connectivity index (χ4v) is 5.57. The Bertz CT molecular complexity index is 1650. The zero-order valence-corrected chi connectivity index (χ0v) is 20.6. The SMILES string of the molecule is O=C(NCc1ccc(-c2ncnc3c2ccn3S(=O)(=O)Cc2ccccc2)cc1)c1ccccc1Cl. The van der Waals surface area contributed by atoms with Gasteiger partial charge in [-0.3, -0.25) is 4.79 Å². The molecule has 2 heterocycles. The number of rotatable bonds is 7. The largest absolute Gasteiger partial charge is 0.348 e. The van der Waals surface area contributed by atoms with Gasteiger partial charge in [-0.05, 0) is 29.3 Å². The van der Waals surface area contributed by atoms with Crippen molar-refractivity contribution in [1.29, 1.82) is 0 Å². The number of amides is 1. The van der Waals surface area contributed by atoms with Crippen molar-refractivity contribution in [3.8, 4) is 11.3 Å². The van der Waals surface area contributed by atoms with E-state index in [9.17, 15) is 13.2 Å². The lowest BCUT2D eigenvalue weighted by atomic mass is 10.1. The lowest BCUT2D eigenvalue weighted by Gasteiger charge is -2.09. The van der Waals surface area contributed by atoms with E-state index in [4.69, 9.17) is 11.6 Å². The molecule has 1 amide bonds. The molecule has 0 radical (unpaired) electrons. The molecular formula is C27H21ClN4O3S. The molecule has 1 N–H and O–H groups in total. The van der Waals surface area contributed by atoms with Crippen molar-refractivity contribution in [2.24, 2.45) is 0 Å². The first-order valence-corrected chi connectivity index (χ1v) is 13.1. The fourth-order valence-electron chi connectivity index (χ4n) is 3.94. The summed E-state index contributed by atoms with van der Waals surface area (Å²) in [6.07, 6.45) is 2.88. The molecule has 0 saturated heterocycles. The van der Waals surface area contributed by atoms with E-state index in [1.807, 2.05) is 42.5 Å². The quantitative estimate of drug-likeness (QED) is 0.326. The van der Waals surface area contributed by atoms with Crippen LogP contribution in [0.4, 0.5) is 0 Å². The predicted molar refractivity (Wildman–Crippen MR) is 140 cm³/mol. The van der Waals surface area contributed by atoms with Gasteiger partial charge in [-0.15, -0.1) is 0 Å². The van der Waals surface area contributed by atoms with Gasteiger partial charge in [0.05, 0.1) is 22.0 Å². The highest BCUT2D eigenvalue weighted by Gasteiger charge is 2.20. The number of fused-ring (bicyclic) bond motifs is 1. The maximum absolute atomic E-state index is 13.1. The second kappa shape index (κ2) is 9.93. The predicted octanol–water partition coefficient (Wildman–Crippen LogP) is 5.06. The number of nitrogens with one attached hydrogen (secondary N) is 1. The van der Waals surface area contributed by atoms with Crippen molar-refractivity contribution in [2.75, 3.05) is 0 Å². The fraction of sp³-hybridized carbons (Fsp3) is 0.0741. The molecule has 180 valence electrons. The lowest BCUT2D eigenvalue weighted by molar-refractivity contribution is 0.0951. The van der Waals surface area contributed by atoms with Gasteiger partial charge in [0, 0.05) is 23.7 Å². The molecule has 7 nitrogen and oxygen atoms in total. The zero-order chi connectivity index (χ0) is 25.1. The van der Waals surface area contributed by atoms with Gasteiger partial charge in [0.25, 0.3) is 5.91 Å². The third-order valence-corrected chi connectivity index (χ3v) is 7.66. The van der Waals surface area contributed by atoms with Crippen molar-refractivity contribution in [3.63, 3.8) is 0 Å². The van der Waals surface area contributed by atoms with Crippen LogP contribution in [0, 0.1) is 0 Å². The summed E-state index contributed by atoms with van der Waals surface area (Å²) >= 11 is 6.10. The Kier molecular flexibility index (Phi) is 6.54. The second-order valence-electron chi connectivity index (χ2n) is 8.17. The maximum atomic E-state index is 13.1. The molecule has 0 aliphatic rings. The van der Waals surface area contributed by atoms with Crippen LogP contribution in [0.25, 0.3) is 22.3 Å². The molecule has 36 heavy (non-hydrogen) atoms. The molecule has 3 aromatic carbocycles. The van der Waals surface area contributed by atoms with Gasteiger partial charge in [-0.25, -0.2) is 22.4 Å². The first-order valence-electron chi connectivity index (χ1n) is 11.1. The molecule has 5 rings (SSSR count). The molecule has 0 bridgehead atoms. The van der Waals surface area contributed by atoms with Gasteiger partial charge in [0.15, 0.2) is 5.65 Å². The van der Waals surface area contributed by atoms with Crippen LogP contribution < -0.4 is 5.32 Å². The van der Waals surface area contributed by atoms with E-state index in [0.717, 1.165) is 11.1 Å². The smallest absolute Gasteiger partial charge is 0.253 e. The van der Waals surface area contributed by atoms with E-state index < -0.39 is 10.0 Å². The molecular weight excluding hydrogens is 496 g/mol. The molecule has 0 aliphatic carbocycles. The third kappa shape index (κ3) is 4.86. The van der Waals surface area contributed by atoms with E-state index in [-0.39, 0.29) is 11.7 Å². The minimum atomic E-state index is -3.67. The lowest BCUT2D eigenvalue weighted by Crippen LogP contribution is -2.23. The Balaban J connectivity index is 1.36. The van der Waals surface area contributed by atoms with Crippen LogP contribution >= 0.6 is 11.6 Å². The molecule has 0 saturated carbocycles. The van der Waals surface area contributed by atoms with Crippen LogP contribution in [0.3, 0.4) is 0 Å². The van der Waals surface area contributed by atoms with Crippen LogP contribution in [0.1, 0.15) is 21.5 Å². The van der Waals surface area contributed by atoms with Crippen molar-refractivity contribution < 1.29 is 13.2 Å². The Morgan fingerprint density at radius 2 is 1.58 bits per heavy atom. The van der Waals surface area contributed by atoms with E-state index >= 15 is 0 Å². The zero-order valence-electron chi connectivity index (χ0n) is 19.0. The highest BCUT2D eigenvalue weighted by atomic mass is 35.5. The Morgan fingerprint density at radius 1 is 0.861 bits per heavy atom. The van der Waals surface area contributed by atoms with Gasteiger partial charge in [0.2, 0.25) is 10.0 Å². The van der Waals surface area contributed by atoms with Gasteiger partial charge in [0.1, 0.15) is 6.33 Å². The first-order chi connectivity index (χ1) is 17.4. The summed E-state index contributed by atoms with van der Waals surface area (Å²) in [5, 5.41) is 3.90. The van der Waals surface area contributed by atoms with Crippen molar-refractivity contribution in [3.05, 3.63) is 119 Å². The van der Waals surface area contributed by atoms with Crippen LogP contribution in [-0.4, -0.2) is 28.3 Å². The molecule has 0 atom stereocenters. The summed E-state index contributed by atoms with van der Waals surface area (Å²) in [6.45, 7) is 0.331. The normalized spacial score (nSPS) is 11.5. The Labute approximate surface area is 213 Å². The minimum absolute atomic E-state index is 0.133. The van der Waals surface area contributed by atoms with Crippen LogP contribution in [0.2, 0.25) is 5.02 Å². The summed E-state index contributed by atoms with van der Waals surface area (Å²) in [4.78, 5) is 21.1. The molecule has 0 spiro atoms. The van der Waals surface area contributed by atoms with Gasteiger partial charge in [-0.2, -0.15) is 0 Å². The van der Waals surface area contributed by atoms with Crippen LogP contribution in [0.5, 0.6) is 0 Å². The molecule has 2 aromatic heterocycles. The van der Waals surface area contributed by atoms with Crippen LogP contribution in [-0.2, 0) is 22.3 Å². The minimum Gasteiger partial charge on any atom is -0.348 e. The summed E-state index contributed by atoms with van der Waals surface area (Å²) in [5.41, 5.74) is 3.78. The molecule has 0 aliphatic heterocycles. The van der Waals surface area contributed by atoms with E-state index in [0.29, 0.717) is 39.4 Å². The van der Waals surface area contributed by atoms with E-state index in [2.05, 4.69) is 15.3 Å². The van der Waals surface area contributed by atoms with Crippen molar-refractivity contribution in [2.45, 2.75) is 12.3 Å². The summed E-state index contributed by atoms with van der Waals surface area (Å²) < 4.78 is 27.4. The van der Waals surface area contributed by atoms with Crippen molar-refractivity contribution in [1.82, 2.24) is 19.3 Å². The number of carbonyl (C=O) groups excluding carboxylic acids is 1. The second-order valence-corrected chi connectivity index (χ2v) is 10.4. The van der Waals surface area contributed by atoms with E-state index in [1.54, 1.807) is 42.5 Å². The number of hydrogen-bond acceptors (Lipinski definition) is 5. The number of carbonyl (C=O) groups is 1. The monoisotopic (exact) mass is 516 g/mol. The van der Waals surface area contributed by atoms with Crippen LogP contribution in [0.15, 0.2) is 97.5 Å². The number of benzene rings is 3. The van der Waals surface area contributed by atoms with Gasteiger partial charge in [-0.1, -0.05) is 78.3 Å². The summed E-state index contributed by atoms with van der Waals surface area (Å²) in [7, 11) is -3.67. The molecule has 0 unspecified atom stereocenters. The molecule has 9 heteroatoms. The number of aromatic nitrogens is 3. The topological polar surface area (TPSA) is 93.9 Å². The van der Waals surface area contributed by atoms with Gasteiger partial charge >= 0.3 is 0 Å². The summed E-state index contributed by atoms with van der Waals surface area (Å²) in [6, 6.07) is 25.2. The van der Waals surface area contributed by atoms with Gasteiger partial charge < -0.3 is 5.32 Å². The maximum Gasteiger partial charge on any atom is 0.253 e.